The van der Waals surface area contributed by atoms with E-state index in [1.807, 2.05) is 0 Å². The van der Waals surface area contributed by atoms with E-state index >= 15 is 0 Å². The van der Waals surface area contributed by atoms with E-state index in [0.29, 0.717) is 10.9 Å². The molecular weight excluding hydrogens is 362 g/mol. The van der Waals surface area contributed by atoms with Gasteiger partial charge in [-0.3, -0.25) is 4.79 Å². The van der Waals surface area contributed by atoms with Gasteiger partial charge in [-0.2, -0.15) is 8.78 Å². The number of carbonyl (C=O) groups is 1. The Kier molecular flexibility index (Phi) is 5.30. The van der Waals surface area contributed by atoms with Crippen LogP contribution in [0.5, 0.6) is 11.5 Å². The van der Waals surface area contributed by atoms with Crippen molar-refractivity contribution in [3.63, 3.8) is 0 Å². The van der Waals surface area contributed by atoms with Crippen LogP contribution in [0.4, 0.5) is 8.78 Å². The fraction of sp³-hybridized carbons (Fsp3) is 0.167. The smallest absolute Gasteiger partial charge is 0.387 e. The molecule has 3 aromatic rings. The molecule has 0 saturated heterocycles. The topological polar surface area (TPSA) is 90.5 Å². The fourth-order valence-electron chi connectivity index (χ4n) is 2.41. The number of esters is 1. The van der Waals surface area contributed by atoms with Gasteiger partial charge < -0.3 is 19.2 Å². The minimum atomic E-state index is -3.02. The van der Waals surface area contributed by atoms with E-state index in [2.05, 4.69) is 14.7 Å². The van der Waals surface area contributed by atoms with E-state index < -0.39 is 12.6 Å². The summed E-state index contributed by atoms with van der Waals surface area (Å²) in [6, 6.07) is 10.4. The van der Waals surface area contributed by atoms with Crippen LogP contribution in [0, 0.1) is 0 Å². The highest BCUT2D eigenvalue weighted by atomic mass is 19.3. The predicted octanol–water partition coefficient (Wildman–Crippen LogP) is 2.89. The van der Waals surface area contributed by atoms with Crippen molar-refractivity contribution < 1.29 is 27.8 Å². The molecule has 0 amide bonds. The van der Waals surface area contributed by atoms with Crippen molar-refractivity contribution in [1.82, 2.24) is 9.97 Å². The number of H-pyrrole nitrogens is 1. The summed E-state index contributed by atoms with van der Waals surface area (Å²) in [5.41, 5.74) is 0.195. The summed E-state index contributed by atoms with van der Waals surface area (Å²) < 4.78 is 39.0. The van der Waals surface area contributed by atoms with Crippen LogP contribution in [-0.2, 0) is 11.3 Å². The number of carbonyl (C=O) groups excluding carboxylic acids is 1. The SMILES string of the molecule is COc1cc(C(=O)OCc2nc3ccccc3c(=O)[nH]2)ccc1OC(F)F. The minimum absolute atomic E-state index is 0.0398. The molecule has 1 N–H and O–H groups in total. The van der Waals surface area contributed by atoms with E-state index in [4.69, 9.17) is 9.47 Å². The van der Waals surface area contributed by atoms with Gasteiger partial charge in [-0.1, -0.05) is 12.1 Å². The molecule has 0 bridgehead atoms. The molecule has 0 aliphatic carbocycles. The van der Waals surface area contributed by atoms with Gasteiger partial charge in [0.15, 0.2) is 11.5 Å². The lowest BCUT2D eigenvalue weighted by atomic mass is 10.2. The first-order chi connectivity index (χ1) is 13.0. The molecule has 0 aliphatic rings. The summed E-state index contributed by atoms with van der Waals surface area (Å²) in [7, 11) is 1.26. The number of aromatic nitrogens is 2. The van der Waals surface area contributed by atoms with Crippen LogP contribution >= 0.6 is 0 Å². The second-order valence-corrected chi connectivity index (χ2v) is 5.35. The van der Waals surface area contributed by atoms with Crippen LogP contribution in [0.15, 0.2) is 47.3 Å². The Bertz CT molecular complexity index is 1040. The summed E-state index contributed by atoms with van der Waals surface area (Å²) in [6.07, 6.45) is 0. The van der Waals surface area contributed by atoms with Crippen LogP contribution in [0.1, 0.15) is 16.2 Å². The van der Waals surface area contributed by atoms with Crippen molar-refractivity contribution in [2.75, 3.05) is 7.11 Å². The first kappa shape index (κ1) is 18.3. The third-order valence-electron chi connectivity index (χ3n) is 3.62. The van der Waals surface area contributed by atoms with E-state index in [1.165, 1.54) is 25.3 Å². The highest BCUT2D eigenvalue weighted by molar-refractivity contribution is 5.90. The number of benzene rings is 2. The van der Waals surface area contributed by atoms with Crippen molar-refractivity contribution in [2.45, 2.75) is 13.2 Å². The Morgan fingerprint density at radius 3 is 2.70 bits per heavy atom. The third-order valence-corrected chi connectivity index (χ3v) is 3.62. The molecule has 0 aliphatic heterocycles. The van der Waals surface area contributed by atoms with Crippen LogP contribution in [0.3, 0.4) is 0 Å². The summed E-state index contributed by atoms with van der Waals surface area (Å²) >= 11 is 0. The van der Waals surface area contributed by atoms with Crippen molar-refractivity contribution in [3.05, 3.63) is 64.2 Å². The molecule has 0 spiro atoms. The maximum atomic E-state index is 12.3. The van der Waals surface area contributed by atoms with E-state index in [9.17, 15) is 18.4 Å². The van der Waals surface area contributed by atoms with Crippen LogP contribution in [0.2, 0.25) is 0 Å². The molecule has 1 aromatic heterocycles. The number of nitrogens with zero attached hydrogens (tertiary/aromatic N) is 1. The predicted molar refractivity (Wildman–Crippen MR) is 91.1 cm³/mol. The first-order valence-electron chi connectivity index (χ1n) is 7.76. The first-order valence-corrected chi connectivity index (χ1v) is 7.76. The molecule has 0 saturated carbocycles. The van der Waals surface area contributed by atoms with Gasteiger partial charge in [0, 0.05) is 0 Å². The van der Waals surface area contributed by atoms with Crippen LogP contribution in [-0.4, -0.2) is 29.7 Å². The standard InChI is InChI=1S/C18H14F2N2O5/c1-25-14-8-10(6-7-13(14)27-18(19)20)17(24)26-9-15-21-12-5-3-2-4-11(12)16(23)22-15/h2-8,18H,9H2,1H3,(H,21,22,23). The molecule has 0 atom stereocenters. The van der Waals surface area contributed by atoms with Gasteiger partial charge in [0.25, 0.3) is 5.56 Å². The molecule has 0 fully saturated rings. The zero-order chi connectivity index (χ0) is 19.4. The van der Waals surface area contributed by atoms with Crippen LogP contribution in [0.25, 0.3) is 10.9 Å². The monoisotopic (exact) mass is 376 g/mol. The lowest BCUT2D eigenvalue weighted by molar-refractivity contribution is -0.0512. The number of fused-ring (bicyclic) bond motifs is 1. The number of nitrogens with one attached hydrogen (secondary N) is 1. The zero-order valence-electron chi connectivity index (χ0n) is 14.1. The van der Waals surface area contributed by atoms with Gasteiger partial charge >= 0.3 is 12.6 Å². The Balaban J connectivity index is 1.75. The molecule has 0 radical (unpaired) electrons. The third kappa shape index (κ3) is 4.20. The van der Waals surface area contributed by atoms with Gasteiger partial charge in [-0.05, 0) is 30.3 Å². The van der Waals surface area contributed by atoms with Crippen molar-refractivity contribution in [2.24, 2.45) is 0 Å². The highest BCUT2D eigenvalue weighted by Gasteiger charge is 2.15. The maximum Gasteiger partial charge on any atom is 0.387 e. The summed E-state index contributed by atoms with van der Waals surface area (Å²) in [6.45, 7) is -3.29. The summed E-state index contributed by atoms with van der Waals surface area (Å²) in [4.78, 5) is 30.9. The Morgan fingerprint density at radius 2 is 1.96 bits per heavy atom. The minimum Gasteiger partial charge on any atom is -0.493 e. The van der Waals surface area contributed by atoms with Crippen molar-refractivity contribution >= 4 is 16.9 Å². The number of hydrogen-bond acceptors (Lipinski definition) is 6. The Hall–Kier alpha value is -3.49. The van der Waals surface area contributed by atoms with Gasteiger partial charge in [-0.15, -0.1) is 0 Å². The number of ether oxygens (including phenoxy) is 3. The summed E-state index contributed by atoms with van der Waals surface area (Å²) in [5, 5.41) is 0.423. The Morgan fingerprint density at radius 1 is 1.19 bits per heavy atom. The number of rotatable bonds is 6. The second kappa shape index (κ2) is 7.81. The normalized spacial score (nSPS) is 10.8. The molecule has 9 heteroatoms. The number of alkyl halides is 2. The molecular formula is C18H14F2N2O5. The lowest BCUT2D eigenvalue weighted by Gasteiger charge is -2.11. The largest absolute Gasteiger partial charge is 0.493 e. The van der Waals surface area contributed by atoms with Gasteiger partial charge in [0.05, 0.1) is 23.6 Å². The molecule has 2 aromatic carbocycles. The lowest BCUT2D eigenvalue weighted by Crippen LogP contribution is -2.14. The van der Waals surface area contributed by atoms with Gasteiger partial charge in [0.2, 0.25) is 0 Å². The van der Waals surface area contributed by atoms with Gasteiger partial charge in [0.1, 0.15) is 12.4 Å². The van der Waals surface area contributed by atoms with Gasteiger partial charge in [-0.25, -0.2) is 9.78 Å². The summed E-state index contributed by atoms with van der Waals surface area (Å²) in [5.74, 6) is -0.809. The quantitative estimate of drug-likeness (QED) is 0.666. The van der Waals surface area contributed by atoms with Crippen molar-refractivity contribution in [1.29, 1.82) is 0 Å². The molecule has 3 rings (SSSR count). The maximum absolute atomic E-state index is 12.3. The number of aromatic amines is 1. The highest BCUT2D eigenvalue weighted by Crippen LogP contribution is 2.29. The number of para-hydroxylation sites is 1. The van der Waals surface area contributed by atoms with Crippen LogP contribution < -0.4 is 15.0 Å². The molecule has 0 unspecified atom stereocenters. The average Bonchev–Trinajstić information content (AvgIpc) is 2.66. The Labute approximate surface area is 151 Å². The van der Waals surface area contributed by atoms with E-state index in [1.54, 1.807) is 24.3 Å². The molecule has 1 heterocycles. The number of hydrogen-bond donors (Lipinski definition) is 1. The zero-order valence-corrected chi connectivity index (χ0v) is 14.1. The van der Waals surface area contributed by atoms with E-state index in [0.717, 1.165) is 0 Å². The van der Waals surface area contributed by atoms with E-state index in [-0.39, 0.29) is 35.1 Å². The molecule has 27 heavy (non-hydrogen) atoms. The molecule has 7 nitrogen and oxygen atoms in total. The van der Waals surface area contributed by atoms with Crippen molar-refractivity contribution in [3.8, 4) is 11.5 Å². The fourth-order valence-corrected chi connectivity index (χ4v) is 2.41. The number of halogens is 2. The second-order valence-electron chi connectivity index (χ2n) is 5.35. The molecule has 140 valence electrons. The number of methoxy groups -OCH3 is 1. The average molecular weight is 376 g/mol.